The largest absolute Gasteiger partial charge is 0.486 e. The summed E-state index contributed by atoms with van der Waals surface area (Å²) in [5.74, 6) is 0.725. The first-order valence-electron chi connectivity index (χ1n) is 16.5. The number of aromatic carboxylic acids is 1. The number of likely N-dealkylation sites (tertiary alicyclic amines) is 1. The molecule has 2 fully saturated rings. The molecule has 238 valence electrons. The van der Waals surface area contributed by atoms with Crippen LogP contribution in [0.25, 0.3) is 17.1 Å². The van der Waals surface area contributed by atoms with E-state index in [1.54, 1.807) is 4.68 Å². The van der Waals surface area contributed by atoms with Crippen molar-refractivity contribution in [1.29, 1.82) is 0 Å². The van der Waals surface area contributed by atoms with Crippen LogP contribution in [0.5, 0.6) is 5.75 Å². The Morgan fingerprint density at radius 3 is 2.50 bits per heavy atom. The molecule has 0 radical (unpaired) electrons. The minimum absolute atomic E-state index is 0.0945. The van der Waals surface area contributed by atoms with E-state index in [4.69, 9.17) is 9.72 Å². The smallest absolute Gasteiger partial charge is 0.339 e. The van der Waals surface area contributed by atoms with Gasteiger partial charge in [0, 0.05) is 24.2 Å². The van der Waals surface area contributed by atoms with Crippen LogP contribution >= 0.6 is 0 Å². The monoisotopic (exact) mass is 620 g/mol. The zero-order valence-electron chi connectivity index (χ0n) is 26.4. The molecule has 2 aromatic carbocycles. The number of benzene rings is 2. The molecule has 3 aliphatic rings. The van der Waals surface area contributed by atoms with Gasteiger partial charge in [-0.1, -0.05) is 44.2 Å². The van der Waals surface area contributed by atoms with Crippen molar-refractivity contribution in [3.8, 4) is 22.8 Å². The minimum Gasteiger partial charge on any atom is -0.486 e. The standard InChI is InChI=1S/C37H40N4O5/c1-3-23-21-26(12-13-27(23)24-15-19-40(20-16-24)36(44)37(45)17-18-37)46-32-14-11-25-7-5-8-28(34(25)32)30-9-6-10-33(39-30)41-31(4-2)29(22-38-41)35(42)43/h5-10,12-13,21-22,24,32,45H,3-4,11,14-20H2,1-2H3,(H,42,43)/t32-/m0/s1. The second kappa shape index (κ2) is 12.0. The molecule has 1 saturated carbocycles. The number of hydrogen-bond acceptors (Lipinski definition) is 6. The molecule has 2 aliphatic carbocycles. The van der Waals surface area contributed by atoms with Gasteiger partial charge in [0.2, 0.25) is 0 Å². The predicted octanol–water partition coefficient (Wildman–Crippen LogP) is 6.05. The molecule has 1 atom stereocenters. The average molecular weight is 621 g/mol. The van der Waals surface area contributed by atoms with Gasteiger partial charge in [-0.05, 0) is 98.2 Å². The van der Waals surface area contributed by atoms with Crippen LogP contribution in [0.1, 0.15) is 96.3 Å². The van der Waals surface area contributed by atoms with Gasteiger partial charge in [0.25, 0.3) is 5.91 Å². The highest BCUT2D eigenvalue weighted by Crippen LogP contribution is 2.43. The van der Waals surface area contributed by atoms with Crippen molar-refractivity contribution in [2.45, 2.75) is 82.8 Å². The molecule has 1 aliphatic heterocycles. The van der Waals surface area contributed by atoms with Crippen molar-refractivity contribution in [2.75, 3.05) is 13.1 Å². The maximum absolute atomic E-state index is 12.6. The van der Waals surface area contributed by atoms with Crippen LogP contribution in [0.4, 0.5) is 0 Å². The Morgan fingerprint density at radius 1 is 1.00 bits per heavy atom. The van der Waals surface area contributed by atoms with Gasteiger partial charge >= 0.3 is 5.97 Å². The van der Waals surface area contributed by atoms with Crippen molar-refractivity contribution in [3.05, 3.63) is 94.3 Å². The molecule has 7 rings (SSSR count). The molecule has 0 spiro atoms. The van der Waals surface area contributed by atoms with E-state index >= 15 is 0 Å². The molecule has 1 saturated heterocycles. The number of nitrogens with zero attached hydrogens (tertiary/aromatic N) is 4. The average Bonchev–Trinajstić information content (AvgIpc) is 3.49. The van der Waals surface area contributed by atoms with Crippen LogP contribution in [-0.2, 0) is 24.1 Å². The summed E-state index contributed by atoms with van der Waals surface area (Å²) in [6.45, 7) is 5.46. The summed E-state index contributed by atoms with van der Waals surface area (Å²) >= 11 is 0. The number of aryl methyl sites for hydroxylation is 2. The van der Waals surface area contributed by atoms with Crippen LogP contribution in [0.15, 0.2) is 60.8 Å². The number of piperidine rings is 1. The number of carboxylic acids is 1. The molecule has 2 aromatic heterocycles. The summed E-state index contributed by atoms with van der Waals surface area (Å²) in [5.41, 5.74) is 6.51. The SMILES string of the molecule is CCc1cc(O[C@H]2CCc3cccc(-c4cccc(-n5ncc(C(=O)O)c5CC)n4)c32)ccc1C1CCN(C(=O)C2(O)CC2)CC1. The highest BCUT2D eigenvalue weighted by atomic mass is 16.5. The van der Waals surface area contributed by atoms with Crippen molar-refractivity contribution >= 4 is 11.9 Å². The fourth-order valence-electron chi connectivity index (χ4n) is 7.31. The Bertz CT molecular complexity index is 1800. The third kappa shape index (κ3) is 5.47. The molecule has 0 unspecified atom stereocenters. The number of fused-ring (bicyclic) bond motifs is 1. The second-order valence-corrected chi connectivity index (χ2v) is 12.8. The number of aromatic nitrogens is 3. The molecular formula is C37H40N4O5. The third-order valence-electron chi connectivity index (χ3n) is 9.97. The first kappa shape index (κ1) is 30.2. The van der Waals surface area contributed by atoms with Gasteiger partial charge in [-0.15, -0.1) is 0 Å². The van der Waals surface area contributed by atoms with E-state index in [0.717, 1.165) is 54.7 Å². The lowest BCUT2D eigenvalue weighted by Gasteiger charge is -2.34. The number of pyridine rings is 1. The van der Waals surface area contributed by atoms with Gasteiger partial charge in [0.15, 0.2) is 5.82 Å². The number of aliphatic hydroxyl groups is 1. The van der Waals surface area contributed by atoms with Gasteiger partial charge in [-0.2, -0.15) is 5.10 Å². The van der Waals surface area contributed by atoms with E-state index < -0.39 is 11.6 Å². The number of ether oxygens (including phenoxy) is 1. The van der Waals surface area contributed by atoms with Gasteiger partial charge < -0.3 is 19.8 Å². The molecule has 9 nitrogen and oxygen atoms in total. The number of carboxylic acid groups (broad SMARTS) is 1. The lowest BCUT2D eigenvalue weighted by atomic mass is 9.85. The first-order chi connectivity index (χ1) is 22.3. The van der Waals surface area contributed by atoms with Crippen molar-refractivity contribution < 1.29 is 24.5 Å². The maximum atomic E-state index is 12.6. The molecule has 46 heavy (non-hydrogen) atoms. The topological polar surface area (TPSA) is 118 Å². The van der Waals surface area contributed by atoms with Gasteiger partial charge in [0.05, 0.1) is 17.6 Å². The summed E-state index contributed by atoms with van der Waals surface area (Å²) in [6.07, 6.45) is 7.44. The summed E-state index contributed by atoms with van der Waals surface area (Å²) in [7, 11) is 0. The number of carbonyl (C=O) groups excluding carboxylic acids is 1. The molecule has 4 aromatic rings. The molecule has 9 heteroatoms. The summed E-state index contributed by atoms with van der Waals surface area (Å²) < 4.78 is 8.35. The number of hydrogen-bond donors (Lipinski definition) is 2. The van der Waals surface area contributed by atoms with Crippen LogP contribution in [0, 0.1) is 0 Å². The second-order valence-electron chi connectivity index (χ2n) is 12.8. The fraction of sp³-hybridized carbons (Fsp3) is 0.405. The van der Waals surface area contributed by atoms with Crippen LogP contribution in [0.2, 0.25) is 0 Å². The molecule has 2 N–H and O–H groups in total. The third-order valence-corrected chi connectivity index (χ3v) is 9.97. The highest BCUT2D eigenvalue weighted by molar-refractivity contribution is 5.89. The van der Waals surface area contributed by atoms with E-state index in [1.807, 2.05) is 30.0 Å². The molecule has 1 amide bonds. The van der Waals surface area contributed by atoms with Crippen LogP contribution in [0.3, 0.4) is 0 Å². The Hall–Kier alpha value is -4.50. The molecular weight excluding hydrogens is 580 g/mol. The Balaban J connectivity index is 1.12. The number of rotatable bonds is 9. The van der Waals surface area contributed by atoms with Crippen molar-refractivity contribution in [3.63, 3.8) is 0 Å². The summed E-state index contributed by atoms with van der Waals surface area (Å²) in [5, 5.41) is 24.2. The fourth-order valence-corrected chi connectivity index (χ4v) is 7.31. The Morgan fingerprint density at radius 2 is 1.78 bits per heavy atom. The van der Waals surface area contributed by atoms with E-state index in [-0.39, 0.29) is 17.6 Å². The van der Waals surface area contributed by atoms with Crippen LogP contribution in [-0.4, -0.2) is 60.4 Å². The Kier molecular flexibility index (Phi) is 7.88. The van der Waals surface area contributed by atoms with E-state index in [2.05, 4.69) is 48.4 Å². The zero-order chi connectivity index (χ0) is 32.0. The normalized spacial score (nSPS) is 18.8. The molecule has 3 heterocycles. The molecule has 0 bridgehead atoms. The number of carbonyl (C=O) groups is 2. The van der Waals surface area contributed by atoms with Crippen molar-refractivity contribution in [1.82, 2.24) is 19.7 Å². The quantitative estimate of drug-likeness (QED) is 0.234. The zero-order valence-corrected chi connectivity index (χ0v) is 26.4. The lowest BCUT2D eigenvalue weighted by Crippen LogP contribution is -2.44. The van der Waals surface area contributed by atoms with Crippen molar-refractivity contribution in [2.24, 2.45) is 0 Å². The van der Waals surface area contributed by atoms with Crippen LogP contribution < -0.4 is 4.74 Å². The minimum atomic E-state index is -1.09. The van der Waals surface area contributed by atoms with Gasteiger partial charge in [-0.25, -0.2) is 14.5 Å². The van der Waals surface area contributed by atoms with Gasteiger partial charge in [0.1, 0.15) is 23.0 Å². The maximum Gasteiger partial charge on any atom is 0.339 e. The number of amides is 1. The Labute approximate surface area is 268 Å². The summed E-state index contributed by atoms with van der Waals surface area (Å²) in [4.78, 5) is 31.1. The predicted molar refractivity (Wildman–Crippen MR) is 173 cm³/mol. The first-order valence-corrected chi connectivity index (χ1v) is 16.5. The van der Waals surface area contributed by atoms with Gasteiger partial charge in [-0.3, -0.25) is 4.79 Å². The highest BCUT2D eigenvalue weighted by Gasteiger charge is 2.50. The van der Waals surface area contributed by atoms with E-state index in [0.29, 0.717) is 49.8 Å². The van der Waals surface area contributed by atoms with E-state index in [9.17, 15) is 19.8 Å². The summed E-state index contributed by atoms with van der Waals surface area (Å²) in [6, 6.07) is 18.5. The van der Waals surface area contributed by atoms with E-state index in [1.165, 1.54) is 22.9 Å². The lowest BCUT2D eigenvalue weighted by molar-refractivity contribution is -0.143.